The van der Waals surface area contributed by atoms with Crippen molar-refractivity contribution in [3.63, 3.8) is 0 Å². The van der Waals surface area contributed by atoms with Crippen LogP contribution in [0.15, 0.2) is 57.7 Å². The summed E-state index contributed by atoms with van der Waals surface area (Å²) in [6.45, 7) is 4.17. The number of fused-ring (bicyclic) bond motifs is 1. The van der Waals surface area contributed by atoms with Gasteiger partial charge in [0.15, 0.2) is 6.61 Å². The summed E-state index contributed by atoms with van der Waals surface area (Å²) >= 11 is 6.23. The Morgan fingerprint density at radius 3 is 2.70 bits per heavy atom. The molecule has 0 radical (unpaired) electrons. The number of aryl methyl sites for hydroxylation is 1. The Hall–Kier alpha value is -2.79. The van der Waals surface area contributed by atoms with Crippen LogP contribution in [-0.4, -0.2) is 19.1 Å². The number of carbonyl (C=O) groups is 1. The molecule has 3 aromatic rings. The van der Waals surface area contributed by atoms with Crippen LogP contribution in [0.3, 0.4) is 0 Å². The van der Waals surface area contributed by atoms with Gasteiger partial charge in [-0.05, 0) is 30.0 Å². The molecule has 0 aliphatic heterocycles. The molecule has 0 saturated carbocycles. The molecule has 6 heteroatoms. The lowest BCUT2D eigenvalue weighted by Crippen LogP contribution is -2.31. The second-order valence-electron chi connectivity index (χ2n) is 6.43. The predicted octanol–water partition coefficient (Wildman–Crippen LogP) is 4.05. The van der Waals surface area contributed by atoms with Gasteiger partial charge in [-0.15, -0.1) is 0 Å². The van der Waals surface area contributed by atoms with E-state index in [1.165, 1.54) is 12.1 Å². The zero-order chi connectivity index (χ0) is 19.4. The first kappa shape index (κ1) is 19.0. The SMILES string of the molecule is Cc1cc(=O)oc2cc(OCC(=O)NC[C@@H](C)c3ccccc3)c(Cl)cc12. The van der Waals surface area contributed by atoms with Crippen molar-refractivity contribution in [2.45, 2.75) is 19.8 Å². The van der Waals surface area contributed by atoms with E-state index in [0.29, 0.717) is 22.9 Å². The van der Waals surface area contributed by atoms with Gasteiger partial charge in [-0.25, -0.2) is 4.79 Å². The summed E-state index contributed by atoms with van der Waals surface area (Å²) < 4.78 is 10.7. The van der Waals surface area contributed by atoms with Gasteiger partial charge in [0.1, 0.15) is 11.3 Å². The average molecular weight is 386 g/mol. The lowest BCUT2D eigenvalue weighted by atomic mass is 10.0. The molecule has 0 fully saturated rings. The minimum atomic E-state index is -0.444. The standard InChI is InChI=1S/C21H20ClNO4/c1-13-8-21(25)27-18-10-19(17(22)9-16(13)18)26-12-20(24)23-11-14(2)15-6-4-3-5-7-15/h3-10,14H,11-12H2,1-2H3,(H,23,24)/t14-/m1/s1. The van der Waals surface area contributed by atoms with Crippen LogP contribution < -0.4 is 15.7 Å². The monoisotopic (exact) mass is 385 g/mol. The minimum Gasteiger partial charge on any atom is -0.482 e. The van der Waals surface area contributed by atoms with Gasteiger partial charge in [0.05, 0.1) is 5.02 Å². The van der Waals surface area contributed by atoms with Gasteiger partial charge in [0, 0.05) is 24.1 Å². The molecule has 0 saturated heterocycles. The Morgan fingerprint density at radius 2 is 1.96 bits per heavy atom. The molecule has 1 aromatic heterocycles. The van der Waals surface area contributed by atoms with Crippen LogP contribution in [0.5, 0.6) is 5.75 Å². The highest BCUT2D eigenvalue weighted by molar-refractivity contribution is 6.32. The smallest absolute Gasteiger partial charge is 0.336 e. The van der Waals surface area contributed by atoms with Crippen molar-refractivity contribution in [1.29, 1.82) is 0 Å². The number of rotatable bonds is 6. The van der Waals surface area contributed by atoms with E-state index < -0.39 is 5.63 Å². The van der Waals surface area contributed by atoms with E-state index in [1.54, 1.807) is 13.0 Å². The van der Waals surface area contributed by atoms with E-state index in [1.807, 2.05) is 37.3 Å². The highest BCUT2D eigenvalue weighted by Gasteiger charge is 2.12. The van der Waals surface area contributed by atoms with E-state index in [0.717, 1.165) is 16.5 Å². The normalized spacial score (nSPS) is 12.0. The summed E-state index contributed by atoms with van der Waals surface area (Å²) in [5.41, 5.74) is 1.85. The maximum atomic E-state index is 12.1. The number of ether oxygens (including phenoxy) is 1. The number of halogens is 1. The summed E-state index contributed by atoms with van der Waals surface area (Å²) in [5.74, 6) is 0.237. The lowest BCUT2D eigenvalue weighted by molar-refractivity contribution is -0.123. The van der Waals surface area contributed by atoms with Gasteiger partial charge >= 0.3 is 5.63 Å². The zero-order valence-corrected chi connectivity index (χ0v) is 15.9. The Balaban J connectivity index is 1.61. The molecule has 140 valence electrons. The van der Waals surface area contributed by atoms with E-state index >= 15 is 0 Å². The van der Waals surface area contributed by atoms with Crippen molar-refractivity contribution in [2.75, 3.05) is 13.2 Å². The molecule has 1 N–H and O–H groups in total. The van der Waals surface area contributed by atoms with Crippen molar-refractivity contribution in [3.05, 3.63) is 75.1 Å². The number of benzene rings is 2. The summed E-state index contributed by atoms with van der Waals surface area (Å²) in [6.07, 6.45) is 0. The predicted molar refractivity (Wildman–Crippen MR) is 106 cm³/mol. The Morgan fingerprint density at radius 1 is 1.22 bits per heavy atom. The third-order valence-electron chi connectivity index (χ3n) is 4.34. The molecule has 0 unspecified atom stereocenters. The van der Waals surface area contributed by atoms with Crippen molar-refractivity contribution < 1.29 is 13.9 Å². The first-order valence-corrected chi connectivity index (χ1v) is 9.00. The molecule has 2 aromatic carbocycles. The van der Waals surface area contributed by atoms with Gasteiger partial charge in [0.2, 0.25) is 0 Å². The second kappa shape index (κ2) is 8.27. The van der Waals surface area contributed by atoms with Crippen LogP contribution in [-0.2, 0) is 4.79 Å². The van der Waals surface area contributed by atoms with Crippen molar-refractivity contribution in [2.24, 2.45) is 0 Å². The van der Waals surface area contributed by atoms with Crippen LogP contribution >= 0.6 is 11.6 Å². The average Bonchev–Trinajstić information content (AvgIpc) is 2.65. The Labute approximate surface area is 161 Å². The highest BCUT2D eigenvalue weighted by Crippen LogP contribution is 2.30. The second-order valence-corrected chi connectivity index (χ2v) is 6.84. The van der Waals surface area contributed by atoms with E-state index in [2.05, 4.69) is 5.32 Å². The number of nitrogens with one attached hydrogen (secondary N) is 1. The van der Waals surface area contributed by atoms with Gasteiger partial charge in [0.25, 0.3) is 5.91 Å². The summed E-state index contributed by atoms with van der Waals surface area (Å²) in [5, 5.41) is 3.93. The highest BCUT2D eigenvalue weighted by atomic mass is 35.5. The fourth-order valence-electron chi connectivity index (χ4n) is 2.79. The minimum absolute atomic E-state index is 0.178. The molecule has 1 heterocycles. The van der Waals surface area contributed by atoms with Crippen LogP contribution in [0.2, 0.25) is 5.02 Å². The van der Waals surface area contributed by atoms with Crippen molar-refractivity contribution in [1.82, 2.24) is 5.32 Å². The maximum Gasteiger partial charge on any atom is 0.336 e. The molecule has 0 aliphatic rings. The Bertz CT molecular complexity index is 1010. The molecule has 5 nitrogen and oxygen atoms in total. The largest absolute Gasteiger partial charge is 0.482 e. The third-order valence-corrected chi connectivity index (χ3v) is 4.63. The number of carbonyl (C=O) groups excluding carboxylic acids is 1. The number of hydrogen-bond donors (Lipinski definition) is 1. The molecule has 27 heavy (non-hydrogen) atoms. The molecule has 0 bridgehead atoms. The molecule has 0 spiro atoms. The first-order chi connectivity index (χ1) is 12.9. The van der Waals surface area contributed by atoms with Gasteiger partial charge < -0.3 is 14.5 Å². The van der Waals surface area contributed by atoms with Crippen LogP contribution in [0.25, 0.3) is 11.0 Å². The van der Waals surface area contributed by atoms with E-state index in [-0.39, 0.29) is 18.4 Å². The van der Waals surface area contributed by atoms with E-state index in [9.17, 15) is 9.59 Å². The van der Waals surface area contributed by atoms with Gasteiger partial charge in [-0.1, -0.05) is 48.9 Å². The van der Waals surface area contributed by atoms with Crippen LogP contribution in [0.4, 0.5) is 0 Å². The molecule has 0 aliphatic carbocycles. The quantitative estimate of drug-likeness (QED) is 0.650. The summed E-state index contributed by atoms with van der Waals surface area (Å²) in [6, 6.07) is 14.6. The summed E-state index contributed by atoms with van der Waals surface area (Å²) in [4.78, 5) is 23.6. The van der Waals surface area contributed by atoms with Crippen LogP contribution in [0.1, 0.15) is 24.0 Å². The topological polar surface area (TPSA) is 68.5 Å². The van der Waals surface area contributed by atoms with Gasteiger partial charge in [-0.2, -0.15) is 0 Å². The molecular weight excluding hydrogens is 366 g/mol. The Kier molecular flexibility index (Phi) is 5.81. The molecule has 1 amide bonds. The van der Waals surface area contributed by atoms with Crippen LogP contribution in [0, 0.1) is 6.92 Å². The number of amides is 1. The summed E-state index contributed by atoms with van der Waals surface area (Å²) in [7, 11) is 0. The zero-order valence-electron chi connectivity index (χ0n) is 15.1. The third kappa shape index (κ3) is 4.68. The first-order valence-electron chi connectivity index (χ1n) is 8.62. The fourth-order valence-corrected chi connectivity index (χ4v) is 3.01. The maximum absolute atomic E-state index is 12.1. The van der Waals surface area contributed by atoms with Crippen molar-refractivity contribution >= 4 is 28.5 Å². The lowest BCUT2D eigenvalue weighted by Gasteiger charge is -2.14. The fraction of sp³-hybridized carbons (Fsp3) is 0.238. The molecule has 1 atom stereocenters. The van der Waals surface area contributed by atoms with Gasteiger partial charge in [-0.3, -0.25) is 4.79 Å². The molecule has 3 rings (SSSR count). The number of hydrogen-bond acceptors (Lipinski definition) is 4. The van der Waals surface area contributed by atoms with Crippen molar-refractivity contribution in [3.8, 4) is 5.75 Å². The molecular formula is C21H20ClNO4. The van der Waals surface area contributed by atoms with E-state index in [4.69, 9.17) is 20.8 Å².